The Bertz CT molecular complexity index is 296. The maximum atomic E-state index is 4.26. The highest BCUT2D eigenvalue weighted by Crippen LogP contribution is 2.25. The summed E-state index contributed by atoms with van der Waals surface area (Å²) in [5, 5.41) is 0. The van der Waals surface area contributed by atoms with Crippen LogP contribution in [0.1, 0.15) is 37.3 Å². The zero-order valence-electron chi connectivity index (χ0n) is 8.76. The highest BCUT2D eigenvalue weighted by Gasteiger charge is 2.06. The van der Waals surface area contributed by atoms with Crippen molar-refractivity contribution in [3.63, 3.8) is 0 Å². The normalized spacial score (nSPS) is 12.9. The van der Waals surface area contributed by atoms with Gasteiger partial charge in [0.05, 0.1) is 0 Å². The fourth-order valence-corrected chi connectivity index (χ4v) is 2.58. The molecule has 0 aliphatic rings. The smallest absolute Gasteiger partial charge is 0.0210 e. The molecule has 1 aromatic carbocycles. The van der Waals surface area contributed by atoms with Crippen LogP contribution in [0.4, 0.5) is 0 Å². The van der Waals surface area contributed by atoms with Gasteiger partial charge in [0.2, 0.25) is 0 Å². The second-order valence-corrected chi connectivity index (χ2v) is 4.92. The average Bonchev–Trinajstić information content (AvgIpc) is 2.18. The standard InChI is InChI=1S/C12H17BrS/c1-3-10-4-5-11(8-12(10)13)9(2)6-7-14/h4-5,8-9,14H,3,6-7H2,1-2H3. The van der Waals surface area contributed by atoms with Gasteiger partial charge in [0, 0.05) is 4.47 Å². The number of rotatable bonds is 4. The number of halogens is 1. The van der Waals surface area contributed by atoms with Crippen LogP contribution in [0.5, 0.6) is 0 Å². The SMILES string of the molecule is CCc1ccc(C(C)CCS)cc1Br. The lowest BCUT2D eigenvalue weighted by Crippen LogP contribution is -1.95. The summed E-state index contributed by atoms with van der Waals surface area (Å²) in [4.78, 5) is 0. The van der Waals surface area contributed by atoms with Crippen LogP contribution in [-0.4, -0.2) is 5.75 Å². The van der Waals surface area contributed by atoms with Crippen LogP contribution in [0, 0.1) is 0 Å². The Morgan fingerprint density at radius 1 is 1.43 bits per heavy atom. The van der Waals surface area contributed by atoms with Crippen LogP contribution >= 0.6 is 28.6 Å². The molecule has 0 saturated carbocycles. The van der Waals surface area contributed by atoms with E-state index in [9.17, 15) is 0 Å². The van der Waals surface area contributed by atoms with Crippen LogP contribution in [0.15, 0.2) is 22.7 Å². The summed E-state index contributed by atoms with van der Waals surface area (Å²) in [6.07, 6.45) is 2.23. The van der Waals surface area contributed by atoms with Crippen LogP contribution < -0.4 is 0 Å². The number of hydrogen-bond acceptors (Lipinski definition) is 1. The Morgan fingerprint density at radius 3 is 2.64 bits per heavy atom. The van der Waals surface area contributed by atoms with Crippen molar-refractivity contribution in [2.75, 3.05) is 5.75 Å². The average molecular weight is 273 g/mol. The molecule has 1 atom stereocenters. The number of aryl methyl sites for hydroxylation is 1. The predicted octanol–water partition coefficient (Wildman–Crippen LogP) is 4.43. The summed E-state index contributed by atoms with van der Waals surface area (Å²) in [5.74, 6) is 1.56. The van der Waals surface area contributed by atoms with Gasteiger partial charge in [-0.25, -0.2) is 0 Å². The van der Waals surface area contributed by atoms with E-state index in [-0.39, 0.29) is 0 Å². The van der Waals surface area contributed by atoms with Gasteiger partial charge >= 0.3 is 0 Å². The molecule has 0 aromatic heterocycles. The molecule has 0 aliphatic carbocycles. The summed E-state index contributed by atoms with van der Waals surface area (Å²) in [5.41, 5.74) is 2.79. The molecule has 0 bridgehead atoms. The van der Waals surface area contributed by atoms with Crippen LogP contribution in [-0.2, 0) is 6.42 Å². The summed E-state index contributed by atoms with van der Waals surface area (Å²) in [6.45, 7) is 4.43. The van der Waals surface area contributed by atoms with Gasteiger partial charge in [-0.15, -0.1) is 0 Å². The molecule has 0 radical (unpaired) electrons. The fraction of sp³-hybridized carbons (Fsp3) is 0.500. The zero-order valence-corrected chi connectivity index (χ0v) is 11.2. The van der Waals surface area contributed by atoms with E-state index in [1.54, 1.807) is 0 Å². The first-order valence-electron chi connectivity index (χ1n) is 5.08. The molecular formula is C12H17BrS. The van der Waals surface area contributed by atoms with E-state index in [2.05, 4.69) is 60.6 Å². The maximum absolute atomic E-state index is 4.26. The van der Waals surface area contributed by atoms with Crippen LogP contribution in [0.25, 0.3) is 0 Å². The van der Waals surface area contributed by atoms with Gasteiger partial charge in [-0.1, -0.05) is 41.9 Å². The first-order valence-corrected chi connectivity index (χ1v) is 6.50. The minimum atomic E-state index is 0.606. The van der Waals surface area contributed by atoms with Crippen molar-refractivity contribution in [2.24, 2.45) is 0 Å². The third kappa shape index (κ3) is 3.03. The second-order valence-electron chi connectivity index (χ2n) is 3.62. The van der Waals surface area contributed by atoms with Crippen molar-refractivity contribution in [1.82, 2.24) is 0 Å². The van der Waals surface area contributed by atoms with E-state index < -0.39 is 0 Å². The van der Waals surface area contributed by atoms with E-state index in [0.29, 0.717) is 5.92 Å². The minimum Gasteiger partial charge on any atom is -0.179 e. The van der Waals surface area contributed by atoms with Gasteiger partial charge in [-0.2, -0.15) is 12.6 Å². The Morgan fingerprint density at radius 2 is 2.14 bits per heavy atom. The van der Waals surface area contributed by atoms with E-state index in [4.69, 9.17) is 0 Å². The lowest BCUT2D eigenvalue weighted by atomic mass is 9.97. The first kappa shape index (κ1) is 12.1. The quantitative estimate of drug-likeness (QED) is 0.770. The molecule has 1 rings (SSSR count). The Labute approximate surface area is 101 Å². The third-order valence-corrected chi connectivity index (χ3v) is 3.59. The van der Waals surface area contributed by atoms with Gasteiger partial charge < -0.3 is 0 Å². The fourth-order valence-electron chi connectivity index (χ4n) is 1.52. The molecule has 0 fully saturated rings. The lowest BCUT2D eigenvalue weighted by molar-refractivity contribution is 0.741. The van der Waals surface area contributed by atoms with Crippen molar-refractivity contribution >= 4 is 28.6 Å². The largest absolute Gasteiger partial charge is 0.179 e. The van der Waals surface area contributed by atoms with Gasteiger partial charge in [-0.3, -0.25) is 0 Å². The molecule has 2 heteroatoms. The number of benzene rings is 1. The van der Waals surface area contributed by atoms with Crippen molar-refractivity contribution < 1.29 is 0 Å². The topological polar surface area (TPSA) is 0 Å². The van der Waals surface area contributed by atoms with Gasteiger partial charge in [0.25, 0.3) is 0 Å². The molecule has 1 aromatic rings. The summed E-state index contributed by atoms with van der Waals surface area (Å²) in [6, 6.07) is 6.69. The Hall–Kier alpha value is 0.0500. The monoisotopic (exact) mass is 272 g/mol. The number of thiol groups is 1. The summed E-state index contributed by atoms with van der Waals surface area (Å²) >= 11 is 7.87. The molecule has 1 unspecified atom stereocenters. The van der Waals surface area contributed by atoms with Crippen molar-refractivity contribution in [3.8, 4) is 0 Å². The van der Waals surface area contributed by atoms with Gasteiger partial charge in [0.1, 0.15) is 0 Å². The highest BCUT2D eigenvalue weighted by atomic mass is 79.9. The molecular weight excluding hydrogens is 256 g/mol. The molecule has 78 valence electrons. The lowest BCUT2D eigenvalue weighted by Gasteiger charge is -2.12. The van der Waals surface area contributed by atoms with E-state index >= 15 is 0 Å². The molecule has 0 heterocycles. The number of hydrogen-bond donors (Lipinski definition) is 1. The Balaban J connectivity index is 2.85. The third-order valence-electron chi connectivity index (χ3n) is 2.59. The minimum absolute atomic E-state index is 0.606. The zero-order chi connectivity index (χ0) is 10.6. The molecule has 0 N–H and O–H groups in total. The highest BCUT2D eigenvalue weighted by molar-refractivity contribution is 9.10. The molecule has 0 nitrogen and oxygen atoms in total. The van der Waals surface area contributed by atoms with Gasteiger partial charge in [0.15, 0.2) is 0 Å². The Kier molecular flexibility index (Phi) is 5.04. The second kappa shape index (κ2) is 5.82. The van der Waals surface area contributed by atoms with E-state index in [1.807, 2.05) is 0 Å². The van der Waals surface area contributed by atoms with E-state index in [1.165, 1.54) is 15.6 Å². The van der Waals surface area contributed by atoms with Crippen molar-refractivity contribution in [2.45, 2.75) is 32.6 Å². The summed E-state index contributed by atoms with van der Waals surface area (Å²) in [7, 11) is 0. The summed E-state index contributed by atoms with van der Waals surface area (Å²) < 4.78 is 1.24. The predicted molar refractivity (Wildman–Crippen MR) is 70.4 cm³/mol. The first-order chi connectivity index (χ1) is 6.69. The maximum Gasteiger partial charge on any atom is 0.0210 e. The van der Waals surface area contributed by atoms with Crippen molar-refractivity contribution in [1.29, 1.82) is 0 Å². The molecule has 14 heavy (non-hydrogen) atoms. The van der Waals surface area contributed by atoms with Crippen LogP contribution in [0.3, 0.4) is 0 Å². The molecule has 0 amide bonds. The van der Waals surface area contributed by atoms with Gasteiger partial charge in [-0.05, 0) is 41.7 Å². The van der Waals surface area contributed by atoms with Crippen molar-refractivity contribution in [3.05, 3.63) is 33.8 Å². The van der Waals surface area contributed by atoms with Crippen LogP contribution in [0.2, 0.25) is 0 Å². The molecule has 0 aliphatic heterocycles. The van der Waals surface area contributed by atoms with E-state index in [0.717, 1.165) is 18.6 Å². The molecule has 0 saturated heterocycles. The molecule has 0 spiro atoms.